The summed E-state index contributed by atoms with van der Waals surface area (Å²) >= 11 is 0. The van der Waals surface area contributed by atoms with E-state index in [2.05, 4.69) is 20.6 Å². The quantitative estimate of drug-likeness (QED) is 0.825. The van der Waals surface area contributed by atoms with E-state index in [1.807, 2.05) is 13.8 Å². The van der Waals surface area contributed by atoms with Crippen LogP contribution < -0.4 is 5.32 Å². The fourth-order valence-corrected chi connectivity index (χ4v) is 2.73. The van der Waals surface area contributed by atoms with Gasteiger partial charge in [0.05, 0.1) is 25.0 Å². The van der Waals surface area contributed by atoms with Crippen molar-refractivity contribution in [1.82, 2.24) is 24.9 Å². The molecule has 0 spiro atoms. The Balaban J connectivity index is 1.74. The summed E-state index contributed by atoms with van der Waals surface area (Å²) in [6.45, 7) is 5.42. The SMILES string of the molecule is CCn1cc(NC(=O)N2CCc3[nH]nc(C(=O)OC)c3C2)c(C)n1. The molecule has 2 N–H and O–H groups in total. The molecule has 0 radical (unpaired) electrons. The van der Waals surface area contributed by atoms with Crippen LogP contribution in [0.4, 0.5) is 10.5 Å². The number of rotatable bonds is 3. The van der Waals surface area contributed by atoms with Gasteiger partial charge in [-0.3, -0.25) is 9.78 Å². The minimum absolute atomic E-state index is 0.226. The summed E-state index contributed by atoms with van der Waals surface area (Å²) in [4.78, 5) is 25.9. The highest BCUT2D eigenvalue weighted by molar-refractivity contribution is 5.91. The molecule has 24 heavy (non-hydrogen) atoms. The third-order valence-corrected chi connectivity index (χ3v) is 4.11. The lowest BCUT2D eigenvalue weighted by molar-refractivity contribution is 0.0591. The zero-order valence-electron chi connectivity index (χ0n) is 13.9. The number of amides is 2. The Labute approximate surface area is 139 Å². The average Bonchev–Trinajstić information content (AvgIpc) is 3.17. The van der Waals surface area contributed by atoms with Gasteiger partial charge in [-0.1, -0.05) is 0 Å². The molecule has 0 bridgehead atoms. The minimum Gasteiger partial charge on any atom is -0.464 e. The van der Waals surface area contributed by atoms with Gasteiger partial charge in [-0.25, -0.2) is 9.59 Å². The van der Waals surface area contributed by atoms with Crippen LogP contribution in [0.25, 0.3) is 0 Å². The summed E-state index contributed by atoms with van der Waals surface area (Å²) in [6, 6.07) is -0.226. The number of aromatic nitrogens is 4. The van der Waals surface area contributed by atoms with E-state index in [0.29, 0.717) is 30.8 Å². The molecule has 2 amide bonds. The molecule has 9 nitrogen and oxygen atoms in total. The number of nitrogens with one attached hydrogen (secondary N) is 2. The van der Waals surface area contributed by atoms with E-state index >= 15 is 0 Å². The monoisotopic (exact) mass is 332 g/mol. The van der Waals surface area contributed by atoms with Gasteiger partial charge in [-0.2, -0.15) is 10.2 Å². The van der Waals surface area contributed by atoms with Crippen molar-refractivity contribution in [2.75, 3.05) is 19.0 Å². The van der Waals surface area contributed by atoms with Crippen LogP contribution >= 0.6 is 0 Å². The molecule has 128 valence electrons. The first-order valence-electron chi connectivity index (χ1n) is 7.77. The van der Waals surface area contributed by atoms with E-state index in [1.54, 1.807) is 15.8 Å². The maximum atomic E-state index is 12.5. The minimum atomic E-state index is -0.505. The molecule has 9 heteroatoms. The Morgan fingerprint density at radius 3 is 2.92 bits per heavy atom. The Kier molecular flexibility index (Phi) is 4.24. The lowest BCUT2D eigenvalue weighted by Crippen LogP contribution is -2.39. The number of urea groups is 1. The number of nitrogens with zero attached hydrogens (tertiary/aromatic N) is 4. The predicted octanol–water partition coefficient (Wildman–Crippen LogP) is 1.31. The lowest BCUT2D eigenvalue weighted by atomic mass is 10.1. The molecule has 0 aliphatic carbocycles. The summed E-state index contributed by atoms with van der Waals surface area (Å²) in [7, 11) is 1.31. The standard InChI is InChI=1S/C15H20N6O3/c1-4-21-8-12(9(2)19-21)16-15(23)20-6-5-11-10(7-20)13(18-17-11)14(22)24-3/h8H,4-7H2,1-3H3,(H,16,23)(H,17,18). The third kappa shape index (κ3) is 2.84. The molecule has 0 unspecified atom stereocenters. The maximum Gasteiger partial charge on any atom is 0.358 e. The van der Waals surface area contributed by atoms with Gasteiger partial charge in [-0.15, -0.1) is 0 Å². The number of methoxy groups -OCH3 is 1. The molecule has 0 saturated carbocycles. The van der Waals surface area contributed by atoms with Gasteiger partial charge in [0.1, 0.15) is 0 Å². The molecule has 0 aromatic carbocycles. The van der Waals surface area contributed by atoms with Crippen LogP contribution in [0.2, 0.25) is 0 Å². The average molecular weight is 332 g/mol. The van der Waals surface area contributed by atoms with Crippen LogP contribution in [0.1, 0.15) is 34.4 Å². The Bertz CT molecular complexity index is 778. The third-order valence-electron chi connectivity index (χ3n) is 4.11. The Morgan fingerprint density at radius 2 is 2.25 bits per heavy atom. The first-order chi connectivity index (χ1) is 11.5. The van der Waals surface area contributed by atoms with E-state index in [-0.39, 0.29) is 11.7 Å². The second-order valence-corrected chi connectivity index (χ2v) is 5.61. The summed E-state index contributed by atoms with van der Waals surface area (Å²) in [6.07, 6.45) is 2.42. The first-order valence-corrected chi connectivity index (χ1v) is 7.77. The number of ether oxygens (including phenoxy) is 1. The summed E-state index contributed by atoms with van der Waals surface area (Å²) in [5.41, 5.74) is 3.27. The number of hydrogen-bond donors (Lipinski definition) is 2. The van der Waals surface area contributed by atoms with E-state index in [4.69, 9.17) is 4.74 Å². The zero-order valence-corrected chi connectivity index (χ0v) is 13.9. The van der Waals surface area contributed by atoms with Crippen molar-refractivity contribution in [2.45, 2.75) is 33.4 Å². The van der Waals surface area contributed by atoms with Gasteiger partial charge in [-0.05, 0) is 13.8 Å². The largest absolute Gasteiger partial charge is 0.464 e. The van der Waals surface area contributed by atoms with Gasteiger partial charge >= 0.3 is 12.0 Å². The highest BCUT2D eigenvalue weighted by Crippen LogP contribution is 2.22. The van der Waals surface area contributed by atoms with Crippen molar-refractivity contribution in [3.05, 3.63) is 28.8 Å². The molecule has 2 aromatic rings. The first kappa shape index (κ1) is 16.0. The van der Waals surface area contributed by atoms with Crippen molar-refractivity contribution in [3.8, 4) is 0 Å². The number of anilines is 1. The van der Waals surface area contributed by atoms with Gasteiger partial charge in [0.15, 0.2) is 5.69 Å². The number of esters is 1. The van der Waals surface area contributed by atoms with E-state index < -0.39 is 5.97 Å². The van der Waals surface area contributed by atoms with Gasteiger partial charge in [0, 0.05) is 37.0 Å². The summed E-state index contributed by atoms with van der Waals surface area (Å²) in [5.74, 6) is -0.505. The highest BCUT2D eigenvalue weighted by Gasteiger charge is 2.28. The van der Waals surface area contributed by atoms with Gasteiger partial charge in [0.2, 0.25) is 0 Å². The number of aryl methyl sites for hydroxylation is 2. The number of fused-ring (bicyclic) bond motifs is 1. The maximum absolute atomic E-state index is 12.5. The number of H-pyrrole nitrogens is 1. The second kappa shape index (κ2) is 6.34. The Hall–Kier alpha value is -2.84. The number of carbonyl (C=O) groups excluding carboxylic acids is 2. The van der Waals surface area contributed by atoms with Crippen LogP contribution in [0.15, 0.2) is 6.20 Å². The lowest BCUT2D eigenvalue weighted by Gasteiger charge is -2.27. The summed E-state index contributed by atoms with van der Waals surface area (Å²) in [5, 5.41) is 14.0. The fourth-order valence-electron chi connectivity index (χ4n) is 2.73. The van der Waals surface area contributed by atoms with Gasteiger partial charge in [0.25, 0.3) is 0 Å². The molecule has 3 heterocycles. The predicted molar refractivity (Wildman–Crippen MR) is 85.7 cm³/mol. The van der Waals surface area contributed by atoms with Crippen molar-refractivity contribution < 1.29 is 14.3 Å². The number of carbonyl (C=O) groups is 2. The molecule has 1 aliphatic rings. The molecular formula is C15H20N6O3. The van der Waals surface area contributed by atoms with E-state index in [9.17, 15) is 9.59 Å². The molecule has 1 aliphatic heterocycles. The van der Waals surface area contributed by atoms with E-state index in [0.717, 1.165) is 17.9 Å². The zero-order chi connectivity index (χ0) is 17.3. The molecule has 3 rings (SSSR count). The fraction of sp³-hybridized carbons (Fsp3) is 0.467. The number of hydrogen-bond acceptors (Lipinski definition) is 5. The van der Waals surface area contributed by atoms with Crippen LogP contribution in [0.5, 0.6) is 0 Å². The van der Waals surface area contributed by atoms with Gasteiger partial charge < -0.3 is 15.0 Å². The Morgan fingerprint density at radius 1 is 1.46 bits per heavy atom. The van der Waals surface area contributed by atoms with Crippen LogP contribution in [0, 0.1) is 6.92 Å². The van der Waals surface area contributed by atoms with Crippen molar-refractivity contribution in [2.24, 2.45) is 0 Å². The van der Waals surface area contributed by atoms with Crippen molar-refractivity contribution >= 4 is 17.7 Å². The smallest absolute Gasteiger partial charge is 0.358 e. The molecule has 0 saturated heterocycles. The van der Waals surface area contributed by atoms with Crippen LogP contribution in [-0.4, -0.2) is 50.5 Å². The molecule has 0 atom stereocenters. The number of aromatic amines is 1. The topological polar surface area (TPSA) is 105 Å². The van der Waals surface area contributed by atoms with Crippen molar-refractivity contribution in [3.63, 3.8) is 0 Å². The van der Waals surface area contributed by atoms with Crippen molar-refractivity contribution in [1.29, 1.82) is 0 Å². The second-order valence-electron chi connectivity index (χ2n) is 5.61. The molecule has 2 aromatic heterocycles. The highest BCUT2D eigenvalue weighted by atomic mass is 16.5. The molecule has 0 fully saturated rings. The van der Waals surface area contributed by atoms with Crippen LogP contribution in [0.3, 0.4) is 0 Å². The molecular weight excluding hydrogens is 312 g/mol. The summed E-state index contributed by atoms with van der Waals surface area (Å²) < 4.78 is 6.50. The van der Waals surface area contributed by atoms with E-state index in [1.165, 1.54) is 7.11 Å². The van der Waals surface area contributed by atoms with Crippen LogP contribution in [-0.2, 0) is 24.2 Å². The normalized spacial score (nSPS) is 13.5.